The van der Waals surface area contributed by atoms with Crippen LogP contribution in [0.15, 0.2) is 57.0 Å². The van der Waals surface area contributed by atoms with Crippen molar-refractivity contribution in [3.05, 3.63) is 48.7 Å². The molecule has 9 nitrogen and oxygen atoms in total. The molecule has 0 saturated carbocycles. The fourth-order valence-corrected chi connectivity index (χ4v) is 3.63. The molecule has 4 heterocycles. The first-order valence-electron chi connectivity index (χ1n) is 8.62. The fourth-order valence-electron chi connectivity index (χ4n) is 2.89. The second-order valence-corrected chi connectivity index (χ2v) is 7.21. The van der Waals surface area contributed by atoms with E-state index >= 15 is 0 Å². The van der Waals surface area contributed by atoms with Gasteiger partial charge in [0.25, 0.3) is 5.22 Å². The van der Waals surface area contributed by atoms with E-state index in [9.17, 15) is 4.79 Å². The number of likely N-dealkylation sites (tertiary alicyclic amines) is 1. The molecule has 0 atom stereocenters. The van der Waals surface area contributed by atoms with Crippen molar-refractivity contribution in [2.24, 2.45) is 0 Å². The van der Waals surface area contributed by atoms with Gasteiger partial charge in [0.15, 0.2) is 5.58 Å². The maximum absolute atomic E-state index is 12.4. The highest BCUT2D eigenvalue weighted by molar-refractivity contribution is 7.99. The number of carbonyl (C=O) groups is 1. The Morgan fingerprint density at radius 3 is 2.93 bits per heavy atom. The highest BCUT2D eigenvalue weighted by Gasteiger charge is 2.35. The molecule has 1 amide bonds. The van der Waals surface area contributed by atoms with Crippen molar-refractivity contribution < 1.29 is 13.7 Å². The summed E-state index contributed by atoms with van der Waals surface area (Å²) in [5.41, 5.74) is 2.06. The van der Waals surface area contributed by atoms with Gasteiger partial charge in [-0.2, -0.15) is 4.98 Å². The summed E-state index contributed by atoms with van der Waals surface area (Å²) in [6, 6.07) is 7.52. The molecule has 4 aromatic rings. The molecule has 0 aliphatic carbocycles. The van der Waals surface area contributed by atoms with Crippen LogP contribution in [-0.4, -0.2) is 54.7 Å². The third kappa shape index (κ3) is 3.22. The molecule has 140 valence electrons. The van der Waals surface area contributed by atoms with Crippen LogP contribution in [-0.2, 0) is 4.79 Å². The predicted molar refractivity (Wildman–Crippen MR) is 99.4 cm³/mol. The second kappa shape index (κ2) is 7.04. The molecule has 0 bridgehead atoms. The number of thioether (sulfide) groups is 1. The smallest absolute Gasteiger partial charge is 0.257 e. The van der Waals surface area contributed by atoms with Crippen LogP contribution in [0.2, 0.25) is 0 Å². The van der Waals surface area contributed by atoms with Crippen LogP contribution >= 0.6 is 11.8 Å². The van der Waals surface area contributed by atoms with Crippen LogP contribution < -0.4 is 0 Å². The van der Waals surface area contributed by atoms with Gasteiger partial charge in [-0.15, -0.1) is 0 Å². The van der Waals surface area contributed by atoms with E-state index < -0.39 is 0 Å². The maximum Gasteiger partial charge on any atom is 0.257 e. The average Bonchev–Trinajstić information content (AvgIpc) is 3.33. The highest BCUT2D eigenvalue weighted by Crippen LogP contribution is 2.29. The lowest BCUT2D eigenvalue weighted by Gasteiger charge is -2.36. The SMILES string of the molecule is O=C(CSc1nc2ccccc2o1)N1CC(c2nc(-c3cnccn3)no2)C1. The molecule has 28 heavy (non-hydrogen) atoms. The molecule has 0 radical (unpaired) electrons. The Morgan fingerprint density at radius 1 is 1.21 bits per heavy atom. The van der Waals surface area contributed by atoms with Crippen LogP contribution in [0.25, 0.3) is 22.6 Å². The summed E-state index contributed by atoms with van der Waals surface area (Å²) < 4.78 is 10.9. The topological polar surface area (TPSA) is 111 Å². The fraction of sp³-hybridized carbons (Fsp3) is 0.222. The predicted octanol–water partition coefficient (Wildman–Crippen LogP) is 2.39. The Morgan fingerprint density at radius 2 is 2.11 bits per heavy atom. The van der Waals surface area contributed by atoms with Gasteiger partial charge in [-0.3, -0.25) is 9.78 Å². The molecular formula is C18H14N6O3S. The number of fused-ring (bicyclic) bond motifs is 1. The number of benzene rings is 1. The molecule has 5 rings (SSSR count). The summed E-state index contributed by atoms with van der Waals surface area (Å²) in [6.45, 7) is 1.10. The van der Waals surface area contributed by atoms with E-state index in [1.807, 2.05) is 24.3 Å². The maximum atomic E-state index is 12.4. The summed E-state index contributed by atoms with van der Waals surface area (Å²) in [7, 11) is 0. The van der Waals surface area contributed by atoms with Gasteiger partial charge < -0.3 is 13.8 Å². The second-order valence-electron chi connectivity index (χ2n) is 6.28. The van der Waals surface area contributed by atoms with Crippen molar-refractivity contribution in [1.29, 1.82) is 0 Å². The quantitative estimate of drug-likeness (QED) is 0.471. The summed E-state index contributed by atoms with van der Waals surface area (Å²) in [6.07, 6.45) is 4.73. The Balaban J connectivity index is 1.15. The number of amides is 1. The number of hydrogen-bond acceptors (Lipinski definition) is 9. The molecule has 1 aromatic carbocycles. The van der Waals surface area contributed by atoms with E-state index in [4.69, 9.17) is 8.94 Å². The number of nitrogens with zero attached hydrogens (tertiary/aromatic N) is 6. The van der Waals surface area contributed by atoms with E-state index in [0.29, 0.717) is 35.7 Å². The van der Waals surface area contributed by atoms with Gasteiger partial charge in [-0.05, 0) is 12.1 Å². The monoisotopic (exact) mass is 394 g/mol. The van der Waals surface area contributed by atoms with Gasteiger partial charge in [0.2, 0.25) is 17.6 Å². The number of hydrogen-bond donors (Lipinski definition) is 0. The Kier molecular flexibility index (Phi) is 4.24. The van der Waals surface area contributed by atoms with Crippen molar-refractivity contribution in [1.82, 2.24) is 30.0 Å². The first-order valence-corrected chi connectivity index (χ1v) is 9.61. The summed E-state index contributed by atoms with van der Waals surface area (Å²) in [5.74, 6) is 1.25. The van der Waals surface area contributed by atoms with Crippen LogP contribution in [0.5, 0.6) is 0 Å². The van der Waals surface area contributed by atoms with Gasteiger partial charge in [0.05, 0.1) is 17.9 Å². The van der Waals surface area contributed by atoms with Gasteiger partial charge in [0.1, 0.15) is 11.2 Å². The van der Waals surface area contributed by atoms with Gasteiger partial charge >= 0.3 is 0 Å². The van der Waals surface area contributed by atoms with Crippen LogP contribution in [0.4, 0.5) is 0 Å². The first kappa shape index (κ1) is 16.9. The molecule has 1 aliphatic heterocycles. The minimum atomic E-state index is 0.0252. The largest absolute Gasteiger partial charge is 0.431 e. The standard InChI is InChI=1S/C18H14N6O3S/c25-15(10-28-18-21-12-3-1-2-4-14(12)26-18)24-8-11(9-24)17-22-16(23-27-17)13-7-19-5-6-20-13/h1-7,11H,8-10H2. The molecule has 0 N–H and O–H groups in total. The van der Waals surface area contributed by atoms with Crippen LogP contribution in [0, 0.1) is 0 Å². The Hall–Kier alpha value is -3.27. The number of rotatable bonds is 5. The summed E-state index contributed by atoms with van der Waals surface area (Å²) >= 11 is 1.29. The van der Waals surface area contributed by atoms with E-state index in [1.54, 1.807) is 23.5 Å². The lowest BCUT2D eigenvalue weighted by atomic mass is 10.0. The molecule has 10 heteroatoms. The van der Waals surface area contributed by atoms with Gasteiger partial charge in [0, 0.05) is 25.5 Å². The van der Waals surface area contributed by atoms with Crippen molar-refractivity contribution in [3.8, 4) is 11.5 Å². The number of oxazole rings is 1. The van der Waals surface area contributed by atoms with E-state index in [2.05, 4.69) is 25.1 Å². The van der Waals surface area contributed by atoms with E-state index in [1.165, 1.54) is 11.8 Å². The molecular weight excluding hydrogens is 380 g/mol. The number of aromatic nitrogens is 5. The van der Waals surface area contributed by atoms with Crippen molar-refractivity contribution in [2.75, 3.05) is 18.8 Å². The first-order chi connectivity index (χ1) is 13.8. The summed E-state index contributed by atoms with van der Waals surface area (Å²) in [4.78, 5) is 31.0. The number of para-hydroxylation sites is 2. The Labute approximate surface area is 163 Å². The van der Waals surface area contributed by atoms with Crippen LogP contribution in [0.3, 0.4) is 0 Å². The molecule has 1 fully saturated rings. The average molecular weight is 394 g/mol. The normalized spacial score (nSPS) is 14.4. The third-order valence-corrected chi connectivity index (χ3v) is 5.22. The Bertz CT molecular complexity index is 1090. The van der Waals surface area contributed by atoms with Crippen LogP contribution in [0.1, 0.15) is 11.8 Å². The van der Waals surface area contributed by atoms with E-state index in [-0.39, 0.29) is 17.6 Å². The molecule has 0 spiro atoms. The zero-order chi connectivity index (χ0) is 18.9. The van der Waals surface area contributed by atoms with Gasteiger partial charge in [-0.1, -0.05) is 29.1 Å². The summed E-state index contributed by atoms with van der Waals surface area (Å²) in [5, 5.41) is 4.44. The highest BCUT2D eigenvalue weighted by atomic mass is 32.2. The zero-order valence-corrected chi connectivity index (χ0v) is 15.4. The minimum absolute atomic E-state index is 0.0252. The van der Waals surface area contributed by atoms with Gasteiger partial charge in [-0.25, -0.2) is 9.97 Å². The van der Waals surface area contributed by atoms with Crippen molar-refractivity contribution in [2.45, 2.75) is 11.1 Å². The van der Waals surface area contributed by atoms with Crippen molar-refractivity contribution in [3.63, 3.8) is 0 Å². The minimum Gasteiger partial charge on any atom is -0.431 e. The molecule has 1 aliphatic rings. The molecule has 3 aromatic heterocycles. The number of carbonyl (C=O) groups excluding carboxylic acids is 1. The zero-order valence-electron chi connectivity index (χ0n) is 14.6. The molecule has 0 unspecified atom stereocenters. The molecule has 1 saturated heterocycles. The lowest BCUT2D eigenvalue weighted by molar-refractivity contribution is -0.133. The third-order valence-electron chi connectivity index (χ3n) is 4.41. The lowest BCUT2D eigenvalue weighted by Crippen LogP contribution is -2.49. The van der Waals surface area contributed by atoms with Crippen molar-refractivity contribution >= 4 is 28.8 Å². The van der Waals surface area contributed by atoms with E-state index in [0.717, 1.165) is 11.1 Å².